The van der Waals surface area contributed by atoms with E-state index in [2.05, 4.69) is 4.98 Å². The summed E-state index contributed by atoms with van der Waals surface area (Å²) < 4.78 is 0. The fourth-order valence-corrected chi connectivity index (χ4v) is 2.52. The maximum atomic E-state index is 12.8. The van der Waals surface area contributed by atoms with Gasteiger partial charge >= 0.3 is 0 Å². The van der Waals surface area contributed by atoms with Crippen molar-refractivity contribution < 1.29 is 19.6 Å². The lowest BCUT2D eigenvalue weighted by Crippen LogP contribution is -2.30. The van der Waals surface area contributed by atoms with E-state index in [1.165, 1.54) is 36.4 Å². The molecule has 0 atom stereocenters. The number of amides is 2. The molecule has 7 heteroatoms. The molecular formula is C18H15N3O4. The number of nitrogens with zero attached hydrogens (tertiary/aromatic N) is 2. The van der Waals surface area contributed by atoms with Crippen LogP contribution in [0.4, 0.5) is 5.69 Å². The average Bonchev–Trinajstić information content (AvgIpc) is 2.68. The molecule has 0 saturated carbocycles. The maximum absolute atomic E-state index is 12.8. The number of pyridine rings is 1. The van der Waals surface area contributed by atoms with Gasteiger partial charge in [-0.3, -0.25) is 24.6 Å². The largest absolute Gasteiger partial charge is 0.288 e. The van der Waals surface area contributed by atoms with Gasteiger partial charge in [-0.25, -0.2) is 5.48 Å². The van der Waals surface area contributed by atoms with Crippen LogP contribution in [-0.4, -0.2) is 29.1 Å². The molecule has 0 spiro atoms. The van der Waals surface area contributed by atoms with Gasteiger partial charge in [0.15, 0.2) is 0 Å². The van der Waals surface area contributed by atoms with Gasteiger partial charge in [0.1, 0.15) is 0 Å². The Morgan fingerprint density at radius 1 is 1.08 bits per heavy atom. The molecule has 3 aromatic rings. The van der Waals surface area contributed by atoms with Gasteiger partial charge in [0, 0.05) is 34.3 Å². The molecule has 0 saturated heterocycles. The molecule has 2 N–H and O–H groups in total. The van der Waals surface area contributed by atoms with Crippen molar-refractivity contribution in [3.05, 3.63) is 72.1 Å². The Hall–Kier alpha value is -3.29. The quantitative estimate of drug-likeness (QED) is 0.564. The highest BCUT2D eigenvalue weighted by atomic mass is 16.7. The number of fused-ring (bicyclic) bond motifs is 1. The molecule has 0 aliphatic heterocycles. The van der Waals surface area contributed by atoms with Crippen molar-refractivity contribution in [1.82, 2.24) is 10.5 Å². The topological polar surface area (TPSA) is 91.8 Å². The molecule has 2 aromatic carbocycles. The van der Waals surface area contributed by atoms with Crippen LogP contribution in [0.3, 0.4) is 0 Å². The van der Waals surface area contributed by atoms with Crippen molar-refractivity contribution in [2.75, 3.05) is 12.2 Å². The van der Waals surface area contributed by atoms with Crippen molar-refractivity contribution >= 4 is 28.3 Å². The highest BCUT2D eigenvalue weighted by Crippen LogP contribution is 2.27. The molecule has 0 radical (unpaired) electrons. The lowest BCUT2D eigenvalue weighted by Gasteiger charge is -2.21. The standard InChI is InChI=1S/C18H15N3O4/c1-25-21(16-4-2-3-14-11-19-10-9-15(14)16)18(23)13-7-5-12(6-8-13)17(22)20-24/h2-11,24H,1H3,(H,20,22). The van der Waals surface area contributed by atoms with Gasteiger partial charge in [-0.05, 0) is 36.4 Å². The number of hydrogen-bond acceptors (Lipinski definition) is 5. The molecule has 0 bridgehead atoms. The third-order valence-electron chi connectivity index (χ3n) is 3.74. The van der Waals surface area contributed by atoms with Gasteiger partial charge in [0.05, 0.1) is 12.8 Å². The Balaban J connectivity index is 1.97. The highest BCUT2D eigenvalue weighted by molar-refractivity contribution is 6.09. The van der Waals surface area contributed by atoms with E-state index in [1.54, 1.807) is 30.0 Å². The zero-order valence-corrected chi connectivity index (χ0v) is 13.3. The van der Waals surface area contributed by atoms with Gasteiger partial charge in [-0.15, -0.1) is 0 Å². The zero-order valence-electron chi connectivity index (χ0n) is 13.3. The van der Waals surface area contributed by atoms with E-state index in [0.29, 0.717) is 11.3 Å². The zero-order chi connectivity index (χ0) is 17.8. The van der Waals surface area contributed by atoms with E-state index in [0.717, 1.165) is 10.8 Å². The summed E-state index contributed by atoms with van der Waals surface area (Å²) in [6, 6.07) is 13.2. The number of hydrogen-bond donors (Lipinski definition) is 2. The third-order valence-corrected chi connectivity index (χ3v) is 3.74. The third kappa shape index (κ3) is 3.18. The second-order valence-corrected chi connectivity index (χ2v) is 5.17. The van der Waals surface area contributed by atoms with E-state index in [-0.39, 0.29) is 11.5 Å². The van der Waals surface area contributed by atoms with Gasteiger partial charge in [0.2, 0.25) is 0 Å². The summed E-state index contributed by atoms with van der Waals surface area (Å²) in [6.07, 6.45) is 3.35. The fourth-order valence-electron chi connectivity index (χ4n) is 2.52. The molecule has 7 nitrogen and oxygen atoms in total. The van der Waals surface area contributed by atoms with Crippen molar-refractivity contribution in [3.8, 4) is 0 Å². The predicted molar refractivity (Wildman–Crippen MR) is 91.3 cm³/mol. The first-order chi connectivity index (χ1) is 12.2. The lowest BCUT2D eigenvalue weighted by molar-refractivity contribution is 0.0705. The number of anilines is 1. The number of benzene rings is 2. The van der Waals surface area contributed by atoms with Crippen LogP contribution in [0.25, 0.3) is 10.8 Å². The molecule has 1 heterocycles. The number of nitrogens with one attached hydrogen (secondary N) is 1. The Labute approximate surface area is 143 Å². The van der Waals surface area contributed by atoms with Gasteiger partial charge < -0.3 is 0 Å². The normalized spacial score (nSPS) is 10.5. The Morgan fingerprint density at radius 2 is 1.80 bits per heavy atom. The van der Waals surface area contributed by atoms with Crippen molar-refractivity contribution in [2.45, 2.75) is 0 Å². The minimum absolute atomic E-state index is 0.235. The Kier molecular flexibility index (Phi) is 4.69. The molecule has 126 valence electrons. The van der Waals surface area contributed by atoms with Crippen LogP contribution in [-0.2, 0) is 4.84 Å². The van der Waals surface area contributed by atoms with Crippen molar-refractivity contribution in [2.24, 2.45) is 0 Å². The number of carbonyl (C=O) groups is 2. The van der Waals surface area contributed by atoms with Crippen molar-refractivity contribution in [3.63, 3.8) is 0 Å². The lowest BCUT2D eigenvalue weighted by atomic mass is 10.1. The number of carbonyl (C=O) groups excluding carboxylic acids is 2. The Bertz CT molecular complexity index is 920. The molecule has 0 fully saturated rings. The summed E-state index contributed by atoms with van der Waals surface area (Å²) in [5.74, 6) is -1.04. The number of rotatable bonds is 4. The first-order valence-corrected chi connectivity index (χ1v) is 7.41. The van der Waals surface area contributed by atoms with E-state index < -0.39 is 5.91 Å². The van der Waals surface area contributed by atoms with Crippen LogP contribution in [0.5, 0.6) is 0 Å². The minimum atomic E-state index is -0.649. The SMILES string of the molecule is CON(C(=O)c1ccc(C(=O)NO)cc1)c1cccc2cnccc12. The minimum Gasteiger partial charge on any atom is -0.288 e. The first kappa shape index (κ1) is 16.6. The maximum Gasteiger partial charge on any atom is 0.282 e. The summed E-state index contributed by atoms with van der Waals surface area (Å²) in [7, 11) is 1.41. The second kappa shape index (κ2) is 7.08. The molecule has 2 amide bonds. The highest BCUT2D eigenvalue weighted by Gasteiger charge is 2.20. The molecule has 0 aliphatic carbocycles. The van der Waals surface area contributed by atoms with Crippen LogP contribution in [0, 0.1) is 0 Å². The molecule has 1 aromatic heterocycles. The summed E-state index contributed by atoms with van der Waals surface area (Å²) in [6.45, 7) is 0. The van der Waals surface area contributed by atoms with Crippen molar-refractivity contribution in [1.29, 1.82) is 0 Å². The van der Waals surface area contributed by atoms with Gasteiger partial charge in [0.25, 0.3) is 11.8 Å². The number of aromatic nitrogens is 1. The van der Waals surface area contributed by atoms with E-state index in [9.17, 15) is 9.59 Å². The molecule has 0 unspecified atom stereocenters. The summed E-state index contributed by atoms with van der Waals surface area (Å²) in [4.78, 5) is 33.5. The van der Waals surface area contributed by atoms with Crippen LogP contribution in [0.15, 0.2) is 60.9 Å². The van der Waals surface area contributed by atoms with E-state index in [4.69, 9.17) is 10.0 Å². The van der Waals surface area contributed by atoms with E-state index >= 15 is 0 Å². The fraction of sp³-hybridized carbons (Fsp3) is 0.0556. The predicted octanol–water partition coefficient (Wildman–Crippen LogP) is 2.56. The van der Waals surface area contributed by atoms with Crippen LogP contribution in [0.2, 0.25) is 0 Å². The van der Waals surface area contributed by atoms with Crippen LogP contribution >= 0.6 is 0 Å². The monoisotopic (exact) mass is 337 g/mol. The summed E-state index contributed by atoms with van der Waals surface area (Å²) in [5.41, 5.74) is 2.70. The average molecular weight is 337 g/mol. The van der Waals surface area contributed by atoms with Gasteiger partial charge in [-0.2, -0.15) is 5.06 Å². The molecular weight excluding hydrogens is 322 g/mol. The Morgan fingerprint density at radius 3 is 2.48 bits per heavy atom. The number of hydroxylamine groups is 2. The molecule has 0 aliphatic rings. The van der Waals surface area contributed by atoms with Gasteiger partial charge in [-0.1, -0.05) is 12.1 Å². The van der Waals surface area contributed by atoms with Crippen LogP contribution < -0.4 is 10.5 Å². The van der Waals surface area contributed by atoms with Crippen LogP contribution in [0.1, 0.15) is 20.7 Å². The van der Waals surface area contributed by atoms with E-state index in [1.807, 2.05) is 12.1 Å². The molecule has 25 heavy (non-hydrogen) atoms. The molecule has 3 rings (SSSR count). The smallest absolute Gasteiger partial charge is 0.282 e. The second-order valence-electron chi connectivity index (χ2n) is 5.17. The summed E-state index contributed by atoms with van der Waals surface area (Å²) >= 11 is 0. The first-order valence-electron chi connectivity index (χ1n) is 7.41. The summed E-state index contributed by atoms with van der Waals surface area (Å²) in [5, 5.41) is 11.5.